The molecule has 0 bridgehead atoms. The van der Waals surface area contributed by atoms with Crippen LogP contribution in [0.5, 0.6) is 28.7 Å². The number of carbonyl (C=O) groups excluding carboxylic acids is 2. The second-order valence-corrected chi connectivity index (χ2v) is 12.7. The molecule has 50 heavy (non-hydrogen) atoms. The lowest BCUT2D eigenvalue weighted by atomic mass is 9.95. The molecule has 1 fully saturated rings. The molecular formula is C39H49N3O8. The maximum atomic E-state index is 13.6. The summed E-state index contributed by atoms with van der Waals surface area (Å²) in [5.74, 6) is 2.95. The Kier molecular flexibility index (Phi) is 12.1. The second-order valence-electron chi connectivity index (χ2n) is 12.7. The molecule has 11 heteroatoms. The highest BCUT2D eigenvalue weighted by molar-refractivity contribution is 5.84. The number of hydrogen-bond acceptors (Lipinski definition) is 9. The minimum Gasteiger partial charge on any atom is -0.497 e. The zero-order chi connectivity index (χ0) is 35.8. The molecule has 1 aliphatic heterocycles. The van der Waals surface area contributed by atoms with Gasteiger partial charge in [0.2, 0.25) is 23.0 Å². The van der Waals surface area contributed by atoms with Gasteiger partial charge in [-0.25, -0.2) is 0 Å². The molecule has 11 nitrogen and oxygen atoms in total. The number of nitrogens with one attached hydrogen (secondary N) is 2. The van der Waals surface area contributed by atoms with E-state index < -0.39 is 0 Å². The number of aryl methyl sites for hydroxylation is 1. The molecule has 0 spiro atoms. The highest BCUT2D eigenvalue weighted by atomic mass is 16.5. The highest BCUT2D eigenvalue weighted by Gasteiger charge is 2.32. The molecule has 3 aromatic carbocycles. The number of unbranched alkanes of at least 4 members (excludes halogenated alkanes) is 2. The van der Waals surface area contributed by atoms with Crippen molar-refractivity contribution in [2.75, 3.05) is 54.0 Å². The number of methoxy groups -OCH3 is 5. The molecule has 0 radical (unpaired) electrons. The summed E-state index contributed by atoms with van der Waals surface area (Å²) in [6.07, 6.45) is 5.93. The molecule has 3 aromatic rings. The van der Waals surface area contributed by atoms with E-state index in [1.807, 2.05) is 35.2 Å². The van der Waals surface area contributed by atoms with E-state index in [-0.39, 0.29) is 29.3 Å². The van der Waals surface area contributed by atoms with E-state index in [0.29, 0.717) is 54.3 Å². The van der Waals surface area contributed by atoms with E-state index in [2.05, 4.69) is 10.6 Å². The minimum atomic E-state index is -0.372. The van der Waals surface area contributed by atoms with Gasteiger partial charge in [-0.15, -0.1) is 0 Å². The van der Waals surface area contributed by atoms with Crippen molar-refractivity contribution >= 4 is 17.5 Å². The Bertz CT molecular complexity index is 1760. The molecule has 2 atom stereocenters. The second kappa shape index (κ2) is 16.7. The van der Waals surface area contributed by atoms with Crippen LogP contribution in [0.4, 0.5) is 5.69 Å². The number of benzene rings is 2. The van der Waals surface area contributed by atoms with Crippen LogP contribution in [0.15, 0.2) is 47.3 Å². The summed E-state index contributed by atoms with van der Waals surface area (Å²) >= 11 is 0. The van der Waals surface area contributed by atoms with Crippen molar-refractivity contribution < 1.29 is 33.3 Å². The summed E-state index contributed by atoms with van der Waals surface area (Å²) in [6.45, 7) is 2.79. The van der Waals surface area contributed by atoms with Crippen LogP contribution in [0.25, 0.3) is 11.1 Å². The van der Waals surface area contributed by atoms with Crippen molar-refractivity contribution in [3.05, 3.63) is 69.4 Å². The maximum Gasteiger partial charge on any atom is 0.223 e. The molecular weight excluding hydrogens is 638 g/mol. The third-order valence-corrected chi connectivity index (χ3v) is 9.67. The normalized spacial score (nSPS) is 16.4. The van der Waals surface area contributed by atoms with E-state index in [0.717, 1.165) is 72.4 Å². The van der Waals surface area contributed by atoms with Crippen LogP contribution >= 0.6 is 0 Å². The predicted molar refractivity (Wildman–Crippen MR) is 193 cm³/mol. The van der Waals surface area contributed by atoms with Crippen molar-refractivity contribution in [3.63, 3.8) is 0 Å². The van der Waals surface area contributed by atoms with E-state index in [1.165, 1.54) is 6.92 Å². The lowest BCUT2D eigenvalue weighted by Gasteiger charge is -2.26. The summed E-state index contributed by atoms with van der Waals surface area (Å²) in [7, 11) is 7.99. The molecule has 1 aliphatic carbocycles. The fourth-order valence-corrected chi connectivity index (χ4v) is 7.28. The van der Waals surface area contributed by atoms with Gasteiger partial charge in [0.1, 0.15) is 11.5 Å². The van der Waals surface area contributed by atoms with Crippen molar-refractivity contribution in [3.8, 4) is 39.9 Å². The summed E-state index contributed by atoms with van der Waals surface area (Å²) in [5, 5.41) is 6.36. The third-order valence-electron chi connectivity index (χ3n) is 9.67. The summed E-state index contributed by atoms with van der Waals surface area (Å²) in [4.78, 5) is 41.1. The lowest BCUT2D eigenvalue weighted by molar-refractivity contribution is -0.132. The molecule has 0 saturated carbocycles. The molecule has 1 saturated heterocycles. The Labute approximate surface area is 294 Å². The van der Waals surface area contributed by atoms with Crippen molar-refractivity contribution in [1.82, 2.24) is 10.2 Å². The van der Waals surface area contributed by atoms with Crippen LogP contribution in [0, 0.1) is 0 Å². The van der Waals surface area contributed by atoms with E-state index in [1.54, 1.807) is 47.7 Å². The predicted octanol–water partition coefficient (Wildman–Crippen LogP) is 6.22. The fraction of sp³-hybridized carbons (Fsp3) is 0.462. The molecule has 2 N–H and O–H groups in total. The Hall–Kier alpha value is -4.93. The lowest BCUT2D eigenvalue weighted by Crippen LogP contribution is -2.30. The first kappa shape index (κ1) is 36.4. The van der Waals surface area contributed by atoms with Gasteiger partial charge in [-0.3, -0.25) is 14.4 Å². The van der Waals surface area contributed by atoms with Gasteiger partial charge in [-0.2, -0.15) is 0 Å². The summed E-state index contributed by atoms with van der Waals surface area (Å²) in [5.41, 5.74) is 4.58. The van der Waals surface area contributed by atoms with Gasteiger partial charge < -0.3 is 39.2 Å². The van der Waals surface area contributed by atoms with E-state index in [9.17, 15) is 14.4 Å². The molecule has 0 unspecified atom stereocenters. The van der Waals surface area contributed by atoms with Gasteiger partial charge in [-0.05, 0) is 85.5 Å². The van der Waals surface area contributed by atoms with Gasteiger partial charge in [0.05, 0.1) is 53.3 Å². The number of ether oxygens (including phenoxy) is 5. The maximum absolute atomic E-state index is 13.6. The summed E-state index contributed by atoms with van der Waals surface area (Å²) < 4.78 is 28.1. The average molecular weight is 688 g/mol. The van der Waals surface area contributed by atoms with Gasteiger partial charge in [0, 0.05) is 43.6 Å². The Morgan fingerprint density at radius 2 is 1.60 bits per heavy atom. The monoisotopic (exact) mass is 687 g/mol. The van der Waals surface area contributed by atoms with Crippen molar-refractivity contribution in [2.45, 2.75) is 70.4 Å². The largest absolute Gasteiger partial charge is 0.497 e. The number of nitrogens with zero attached hydrogens (tertiary/aromatic N) is 1. The number of anilines is 1. The number of fused-ring (bicyclic) bond motifs is 3. The molecule has 0 aromatic heterocycles. The van der Waals surface area contributed by atoms with Crippen molar-refractivity contribution in [1.29, 1.82) is 0 Å². The van der Waals surface area contributed by atoms with E-state index >= 15 is 0 Å². The fourth-order valence-electron chi connectivity index (χ4n) is 7.28. The van der Waals surface area contributed by atoms with Crippen LogP contribution in [0.2, 0.25) is 0 Å². The number of amides is 2. The number of carbonyl (C=O) groups is 2. The molecule has 268 valence electrons. The average Bonchev–Trinajstić information content (AvgIpc) is 3.50. The zero-order valence-electron chi connectivity index (χ0n) is 30.0. The van der Waals surface area contributed by atoms with Crippen LogP contribution < -0.4 is 39.7 Å². The van der Waals surface area contributed by atoms with Gasteiger partial charge in [0.15, 0.2) is 11.5 Å². The van der Waals surface area contributed by atoms with Crippen LogP contribution in [-0.2, 0) is 16.0 Å². The van der Waals surface area contributed by atoms with Crippen LogP contribution in [0.3, 0.4) is 0 Å². The molecule has 2 aliphatic rings. The SMILES string of the molecule is COc1ccc([C@@H]2CCCN2C(=O)CCCCCNc2ccc3c(cc2=O)[C@@H](NC(C)=O)CCc2cc(OC)c(OC)c(OC)c2-3)c(OC)c1. The van der Waals surface area contributed by atoms with Gasteiger partial charge in [0.25, 0.3) is 0 Å². The third kappa shape index (κ3) is 7.77. The summed E-state index contributed by atoms with van der Waals surface area (Å²) in [6, 6.07) is 12.7. The Balaban J connectivity index is 1.26. The number of rotatable bonds is 14. The number of likely N-dealkylation sites (tertiary alicyclic amines) is 1. The first-order valence-electron chi connectivity index (χ1n) is 17.3. The van der Waals surface area contributed by atoms with E-state index in [4.69, 9.17) is 23.7 Å². The van der Waals surface area contributed by atoms with Crippen molar-refractivity contribution in [2.24, 2.45) is 0 Å². The topological polar surface area (TPSA) is 125 Å². The quantitative estimate of drug-likeness (QED) is 0.190. The van der Waals surface area contributed by atoms with Crippen LogP contribution in [-0.4, -0.2) is 65.4 Å². The highest BCUT2D eigenvalue weighted by Crippen LogP contribution is 2.50. The van der Waals surface area contributed by atoms with Gasteiger partial charge >= 0.3 is 0 Å². The smallest absolute Gasteiger partial charge is 0.223 e. The minimum absolute atomic E-state index is 0.00488. The number of hydrogen-bond donors (Lipinski definition) is 2. The standard InChI is InChI=1S/C39H49N3O8/c1-24(43)41-30-17-13-25-21-35(48-4)38(49-5)39(50-6)37(25)27-16-18-31(33(44)23-29(27)30)40-19-9-7-8-12-36(45)42-20-10-11-32(42)28-15-14-26(46-2)22-34(28)47-3/h14-16,18,21-23,30,32H,7-13,17,19-20H2,1-6H3,(H,40,44)(H,41,43)/t30-,32-/m0/s1. The Morgan fingerprint density at radius 1 is 0.820 bits per heavy atom. The molecule has 5 rings (SSSR count). The first-order chi connectivity index (χ1) is 24.2. The van der Waals surface area contributed by atoms with Crippen LogP contribution in [0.1, 0.15) is 80.6 Å². The Morgan fingerprint density at radius 3 is 2.30 bits per heavy atom. The van der Waals surface area contributed by atoms with Gasteiger partial charge in [-0.1, -0.05) is 12.5 Å². The zero-order valence-corrected chi connectivity index (χ0v) is 30.0. The molecule has 1 heterocycles. The first-order valence-corrected chi connectivity index (χ1v) is 17.3. The molecule has 2 amide bonds.